The molecule has 1 saturated carbocycles. The number of nitrogens with zero attached hydrogens (tertiary/aromatic N) is 3. The van der Waals surface area contributed by atoms with Crippen molar-refractivity contribution in [1.82, 2.24) is 19.8 Å². The van der Waals surface area contributed by atoms with Crippen LogP contribution in [0.3, 0.4) is 0 Å². The molecule has 3 aliphatic rings. The molecule has 1 aromatic heterocycles. The fraction of sp³-hybridized carbons (Fsp3) is 0.750. The molecule has 3 fully saturated rings. The molecule has 1 aromatic rings. The normalized spacial score (nSPS) is 27.5. The minimum Gasteiger partial charge on any atom is -0.348 e. The van der Waals surface area contributed by atoms with Gasteiger partial charge >= 0.3 is 0 Å². The molecule has 26 heavy (non-hydrogen) atoms. The number of H-pyrrole nitrogens is 1. The molecule has 2 aliphatic heterocycles. The summed E-state index contributed by atoms with van der Waals surface area (Å²) < 4.78 is 0. The molecule has 1 spiro atoms. The predicted molar refractivity (Wildman–Crippen MR) is 98.3 cm³/mol. The number of nitrogens with one attached hydrogen (secondary N) is 1. The molecule has 4 rings (SSSR count). The van der Waals surface area contributed by atoms with Gasteiger partial charge in [-0.05, 0) is 32.1 Å². The smallest absolute Gasteiger partial charge is 0.225 e. The molecule has 1 N–H and O–H groups in total. The monoisotopic (exact) mass is 358 g/mol. The summed E-state index contributed by atoms with van der Waals surface area (Å²) in [5.41, 5.74) is 1.17. The first-order valence-corrected chi connectivity index (χ1v) is 10.2. The number of carbonyl (C=O) groups is 2. The molecule has 6 nitrogen and oxygen atoms in total. The van der Waals surface area contributed by atoms with Gasteiger partial charge in [0.1, 0.15) is 0 Å². The third-order valence-corrected chi connectivity index (χ3v) is 6.63. The summed E-state index contributed by atoms with van der Waals surface area (Å²) in [7, 11) is 0. The van der Waals surface area contributed by atoms with Crippen molar-refractivity contribution in [3.8, 4) is 0 Å². The van der Waals surface area contributed by atoms with Crippen LogP contribution in [0.15, 0.2) is 12.5 Å². The molecular formula is C20H30N4O2. The molecule has 6 heteroatoms. The molecular weight excluding hydrogens is 328 g/mol. The highest BCUT2D eigenvalue weighted by molar-refractivity contribution is 5.80. The van der Waals surface area contributed by atoms with Gasteiger partial charge < -0.3 is 14.8 Å². The standard InChI is InChI=1S/C20H30N4O2/c25-18-6-9-20(13-23(18)11-7-17-12-21-15-22-17)8-3-10-24(14-20)19(26)16-4-1-2-5-16/h12,15-16H,1-11,13-14H2,(H,21,22)/t20-/m0/s1. The van der Waals surface area contributed by atoms with Gasteiger partial charge in [-0.25, -0.2) is 4.98 Å². The number of likely N-dealkylation sites (tertiary alicyclic amines) is 2. The average molecular weight is 358 g/mol. The number of aromatic amines is 1. The molecule has 2 amide bonds. The van der Waals surface area contributed by atoms with Crippen LogP contribution in [0.25, 0.3) is 0 Å². The predicted octanol–water partition coefficient (Wildman–Crippen LogP) is 2.37. The zero-order valence-electron chi connectivity index (χ0n) is 15.6. The number of aromatic nitrogens is 2. The van der Waals surface area contributed by atoms with E-state index in [1.165, 1.54) is 12.8 Å². The van der Waals surface area contributed by atoms with Crippen LogP contribution in [0.5, 0.6) is 0 Å². The maximum atomic E-state index is 12.9. The number of piperidine rings is 2. The molecule has 3 heterocycles. The Bertz CT molecular complexity index is 638. The molecule has 0 bridgehead atoms. The molecule has 1 aliphatic carbocycles. The van der Waals surface area contributed by atoms with Crippen molar-refractivity contribution < 1.29 is 9.59 Å². The fourth-order valence-electron chi connectivity index (χ4n) is 5.14. The van der Waals surface area contributed by atoms with Crippen molar-refractivity contribution in [2.75, 3.05) is 26.2 Å². The van der Waals surface area contributed by atoms with Gasteiger partial charge in [0, 0.05) is 62.2 Å². The number of hydrogen-bond acceptors (Lipinski definition) is 3. The SMILES string of the molecule is O=C1CC[C@@]2(CCCN(C(=O)C3CCCC3)C2)CN1CCc1cnc[nH]1. The van der Waals surface area contributed by atoms with Gasteiger partial charge in [-0.15, -0.1) is 0 Å². The van der Waals surface area contributed by atoms with Gasteiger partial charge in [0.2, 0.25) is 11.8 Å². The first-order valence-electron chi connectivity index (χ1n) is 10.2. The van der Waals surface area contributed by atoms with Crippen molar-refractivity contribution in [2.24, 2.45) is 11.3 Å². The minimum atomic E-state index is 0.106. The highest BCUT2D eigenvalue weighted by atomic mass is 16.2. The quantitative estimate of drug-likeness (QED) is 0.898. The second-order valence-electron chi connectivity index (χ2n) is 8.49. The Morgan fingerprint density at radius 2 is 2.08 bits per heavy atom. The lowest BCUT2D eigenvalue weighted by Gasteiger charge is -2.48. The molecule has 0 radical (unpaired) electrons. The zero-order chi connectivity index (χ0) is 18.0. The topological polar surface area (TPSA) is 69.3 Å². The first-order chi connectivity index (χ1) is 12.7. The van der Waals surface area contributed by atoms with Crippen LogP contribution >= 0.6 is 0 Å². The summed E-state index contributed by atoms with van der Waals surface area (Å²) in [5.74, 6) is 0.892. The van der Waals surface area contributed by atoms with E-state index in [0.29, 0.717) is 12.3 Å². The van der Waals surface area contributed by atoms with Crippen LogP contribution in [0.1, 0.15) is 57.1 Å². The maximum absolute atomic E-state index is 12.9. The van der Waals surface area contributed by atoms with E-state index in [9.17, 15) is 9.59 Å². The third-order valence-electron chi connectivity index (χ3n) is 6.63. The van der Waals surface area contributed by atoms with E-state index in [1.54, 1.807) is 6.33 Å². The summed E-state index contributed by atoms with van der Waals surface area (Å²) in [6, 6.07) is 0. The van der Waals surface area contributed by atoms with Gasteiger partial charge in [0.05, 0.1) is 6.33 Å². The summed E-state index contributed by atoms with van der Waals surface area (Å²) >= 11 is 0. The second kappa shape index (κ2) is 7.41. The summed E-state index contributed by atoms with van der Waals surface area (Å²) in [6.45, 7) is 3.28. The summed E-state index contributed by atoms with van der Waals surface area (Å²) in [6.07, 6.45) is 12.6. The number of imidazole rings is 1. The molecule has 1 atom stereocenters. The minimum absolute atomic E-state index is 0.106. The maximum Gasteiger partial charge on any atom is 0.225 e. The van der Waals surface area contributed by atoms with Crippen LogP contribution < -0.4 is 0 Å². The lowest BCUT2D eigenvalue weighted by atomic mass is 9.73. The van der Waals surface area contributed by atoms with E-state index >= 15 is 0 Å². The number of amides is 2. The van der Waals surface area contributed by atoms with Crippen molar-refractivity contribution in [1.29, 1.82) is 0 Å². The Morgan fingerprint density at radius 3 is 2.85 bits per heavy atom. The van der Waals surface area contributed by atoms with E-state index in [1.807, 2.05) is 11.1 Å². The fourth-order valence-corrected chi connectivity index (χ4v) is 5.14. The van der Waals surface area contributed by atoms with E-state index < -0.39 is 0 Å². The summed E-state index contributed by atoms with van der Waals surface area (Å²) in [5, 5.41) is 0. The van der Waals surface area contributed by atoms with Crippen LogP contribution in [-0.2, 0) is 16.0 Å². The van der Waals surface area contributed by atoms with Gasteiger partial charge in [-0.3, -0.25) is 9.59 Å². The van der Waals surface area contributed by atoms with Gasteiger partial charge in [-0.2, -0.15) is 0 Å². The number of hydrogen-bond donors (Lipinski definition) is 1. The largest absolute Gasteiger partial charge is 0.348 e. The highest BCUT2D eigenvalue weighted by Crippen LogP contribution is 2.40. The Labute approximate surface area is 155 Å². The van der Waals surface area contributed by atoms with Gasteiger partial charge in [0.25, 0.3) is 0 Å². The average Bonchev–Trinajstić information content (AvgIpc) is 3.36. The second-order valence-corrected chi connectivity index (χ2v) is 8.49. The van der Waals surface area contributed by atoms with Crippen LogP contribution in [-0.4, -0.2) is 57.8 Å². The van der Waals surface area contributed by atoms with Crippen molar-refractivity contribution in [3.05, 3.63) is 18.2 Å². The Morgan fingerprint density at radius 1 is 1.23 bits per heavy atom. The van der Waals surface area contributed by atoms with Gasteiger partial charge in [-0.1, -0.05) is 12.8 Å². The van der Waals surface area contributed by atoms with Gasteiger partial charge in [0.15, 0.2) is 0 Å². The van der Waals surface area contributed by atoms with Crippen LogP contribution in [0.2, 0.25) is 0 Å². The number of carbonyl (C=O) groups excluding carboxylic acids is 2. The highest BCUT2D eigenvalue weighted by Gasteiger charge is 2.43. The zero-order valence-corrected chi connectivity index (χ0v) is 15.6. The Hall–Kier alpha value is -1.85. The summed E-state index contributed by atoms with van der Waals surface area (Å²) in [4.78, 5) is 36.6. The lowest BCUT2D eigenvalue weighted by molar-refractivity contribution is -0.145. The van der Waals surface area contributed by atoms with Crippen LogP contribution in [0.4, 0.5) is 0 Å². The molecule has 0 unspecified atom stereocenters. The third kappa shape index (κ3) is 3.64. The Kier molecular flexibility index (Phi) is 5.00. The number of rotatable bonds is 4. The first kappa shape index (κ1) is 17.6. The van der Waals surface area contributed by atoms with E-state index in [0.717, 1.165) is 70.4 Å². The van der Waals surface area contributed by atoms with Crippen LogP contribution in [0, 0.1) is 11.3 Å². The van der Waals surface area contributed by atoms with Crippen molar-refractivity contribution in [3.63, 3.8) is 0 Å². The van der Waals surface area contributed by atoms with E-state index in [2.05, 4.69) is 14.9 Å². The Balaban J connectivity index is 1.39. The molecule has 2 saturated heterocycles. The molecule has 142 valence electrons. The van der Waals surface area contributed by atoms with E-state index in [-0.39, 0.29) is 17.2 Å². The lowest BCUT2D eigenvalue weighted by Crippen LogP contribution is -2.56. The molecule has 0 aromatic carbocycles. The van der Waals surface area contributed by atoms with Crippen molar-refractivity contribution >= 4 is 11.8 Å². The van der Waals surface area contributed by atoms with Crippen molar-refractivity contribution in [2.45, 2.75) is 57.8 Å². The van der Waals surface area contributed by atoms with E-state index in [4.69, 9.17) is 0 Å².